The van der Waals surface area contributed by atoms with Gasteiger partial charge < -0.3 is 5.09 Å². The first kappa shape index (κ1) is 21.7. The van der Waals surface area contributed by atoms with Crippen molar-refractivity contribution in [2.45, 2.75) is 6.92 Å². The van der Waals surface area contributed by atoms with Crippen LogP contribution >= 0.6 is 42.1 Å². The molecule has 1 atom stereocenters. The van der Waals surface area contributed by atoms with Gasteiger partial charge in [-0.2, -0.15) is 0 Å². The molecule has 0 aliphatic carbocycles. The number of hydrogen-bond donors (Lipinski definition) is 1. The summed E-state index contributed by atoms with van der Waals surface area (Å²) >= 11 is 19.2. The van der Waals surface area contributed by atoms with E-state index in [-0.39, 0.29) is 0 Å². The molecule has 0 saturated carbocycles. The zero-order valence-corrected chi connectivity index (χ0v) is 18.8. The van der Waals surface area contributed by atoms with Crippen LogP contribution in [-0.2, 0) is 4.57 Å². The minimum absolute atomic E-state index is 0.369. The Kier molecular flexibility index (Phi) is 7.27. The van der Waals surface area contributed by atoms with Crippen molar-refractivity contribution in [3.63, 3.8) is 0 Å². The molecule has 0 fully saturated rings. The van der Waals surface area contributed by atoms with E-state index in [1.54, 1.807) is 6.07 Å². The van der Waals surface area contributed by atoms with Crippen LogP contribution in [0.1, 0.15) is 16.7 Å². The van der Waals surface area contributed by atoms with Crippen molar-refractivity contribution in [2.24, 2.45) is 0 Å². The van der Waals surface area contributed by atoms with Crippen molar-refractivity contribution in [1.82, 2.24) is 0 Å². The van der Waals surface area contributed by atoms with E-state index in [1.807, 2.05) is 79.7 Å². The fourth-order valence-electron chi connectivity index (χ4n) is 2.65. The van der Waals surface area contributed by atoms with Gasteiger partial charge in [0.2, 0.25) is 7.29 Å². The highest BCUT2D eigenvalue weighted by Gasteiger charge is 2.20. The van der Waals surface area contributed by atoms with Crippen molar-refractivity contribution >= 4 is 57.8 Å². The number of nitrogens with one attached hydrogen (secondary N) is 1. The third kappa shape index (κ3) is 6.01. The van der Waals surface area contributed by atoms with Crippen molar-refractivity contribution in [3.8, 4) is 0 Å². The van der Waals surface area contributed by atoms with E-state index in [9.17, 15) is 4.57 Å². The van der Waals surface area contributed by atoms with Crippen molar-refractivity contribution in [1.29, 1.82) is 0 Å². The number of anilines is 1. The summed E-state index contributed by atoms with van der Waals surface area (Å²) in [5.74, 6) is 3.03. The first-order chi connectivity index (χ1) is 13.9. The smallest absolute Gasteiger partial charge is 0.216 e. The van der Waals surface area contributed by atoms with Gasteiger partial charge in [-0.1, -0.05) is 102 Å². The molecule has 0 bridgehead atoms. The van der Waals surface area contributed by atoms with E-state index in [4.69, 9.17) is 34.8 Å². The Morgan fingerprint density at radius 3 is 1.76 bits per heavy atom. The summed E-state index contributed by atoms with van der Waals surface area (Å²) in [5, 5.41) is 4.39. The lowest BCUT2D eigenvalue weighted by Gasteiger charge is -2.16. The Morgan fingerprint density at radius 2 is 1.31 bits per heavy atom. The number of hydrogen-bond acceptors (Lipinski definition) is 1. The normalized spacial score (nSPS) is 14.3. The lowest BCUT2D eigenvalue weighted by molar-refractivity contribution is 0.589. The zero-order chi connectivity index (χ0) is 20.9. The third-order valence-corrected chi connectivity index (χ3v) is 7.44. The van der Waals surface area contributed by atoms with E-state index in [1.165, 1.54) is 11.6 Å². The molecule has 0 spiro atoms. The van der Waals surface area contributed by atoms with Crippen LogP contribution in [0.25, 0.3) is 10.1 Å². The molecule has 3 rings (SSSR count). The summed E-state index contributed by atoms with van der Waals surface area (Å²) in [6.45, 7) is 1.91. The molecule has 0 amide bonds. The minimum Gasteiger partial charge on any atom is -0.330 e. The van der Waals surface area contributed by atoms with Crippen LogP contribution in [0.3, 0.4) is 0 Å². The maximum absolute atomic E-state index is 13.9. The van der Waals surface area contributed by atoms with E-state index in [2.05, 4.69) is 5.09 Å². The van der Waals surface area contributed by atoms with Crippen molar-refractivity contribution < 1.29 is 4.57 Å². The van der Waals surface area contributed by atoms with Crippen LogP contribution in [0.4, 0.5) is 5.69 Å². The van der Waals surface area contributed by atoms with Gasteiger partial charge in [-0.25, -0.2) is 0 Å². The fraction of sp³-hybridized carbons (Fsp3) is 0.0435. The summed E-state index contributed by atoms with van der Waals surface area (Å²) < 4.78 is 13.9. The fourth-order valence-corrected chi connectivity index (χ4v) is 5.67. The Bertz CT molecular complexity index is 1040. The molecule has 1 unspecified atom stereocenters. The molecule has 6 heteroatoms. The molecular formula is C23H19Cl3NOP. The highest BCUT2D eigenvalue weighted by molar-refractivity contribution is 7.72. The second kappa shape index (κ2) is 9.69. The first-order valence-electron chi connectivity index (χ1n) is 8.88. The molecule has 0 aromatic heterocycles. The van der Waals surface area contributed by atoms with Gasteiger partial charge in [-0.3, -0.25) is 4.57 Å². The predicted molar refractivity (Wildman–Crippen MR) is 128 cm³/mol. The Morgan fingerprint density at radius 1 is 0.828 bits per heavy atom. The van der Waals surface area contributed by atoms with Gasteiger partial charge in [-0.05, 0) is 35.7 Å². The van der Waals surface area contributed by atoms with Crippen molar-refractivity contribution in [3.05, 3.63) is 112 Å². The van der Waals surface area contributed by atoms with Crippen LogP contribution in [0.2, 0.25) is 5.02 Å². The van der Waals surface area contributed by atoms with Crippen LogP contribution in [0.15, 0.2) is 90.5 Å². The SMILES string of the molecule is Cc1ccc(NP(=O)(C=C(Cl)c2ccccc2)/C=C(/Cl)c2ccccc2)cc1Cl. The zero-order valence-electron chi connectivity index (χ0n) is 15.6. The summed E-state index contributed by atoms with van der Waals surface area (Å²) in [6, 6.07) is 24.1. The topological polar surface area (TPSA) is 29.1 Å². The number of rotatable bonds is 6. The van der Waals surface area contributed by atoms with E-state index in [0.717, 1.165) is 16.7 Å². The van der Waals surface area contributed by atoms with Crippen molar-refractivity contribution in [2.75, 3.05) is 5.09 Å². The molecule has 0 aliphatic heterocycles. The second-order valence-electron chi connectivity index (χ2n) is 6.47. The van der Waals surface area contributed by atoms with Gasteiger partial charge in [0.1, 0.15) is 0 Å². The summed E-state index contributed by atoms with van der Waals surface area (Å²) in [7, 11) is -3.32. The van der Waals surface area contributed by atoms with Crippen LogP contribution in [0.5, 0.6) is 0 Å². The molecule has 29 heavy (non-hydrogen) atoms. The quantitative estimate of drug-likeness (QED) is 0.371. The molecule has 3 aromatic carbocycles. The van der Waals surface area contributed by atoms with Gasteiger partial charge in [-0.15, -0.1) is 0 Å². The Balaban J connectivity index is 2.05. The second-order valence-corrected chi connectivity index (χ2v) is 9.85. The maximum Gasteiger partial charge on any atom is 0.216 e. The van der Waals surface area contributed by atoms with Gasteiger partial charge in [0.25, 0.3) is 0 Å². The maximum atomic E-state index is 13.9. The molecule has 0 heterocycles. The van der Waals surface area contributed by atoms with Gasteiger partial charge >= 0.3 is 0 Å². The number of aryl methyl sites for hydroxylation is 1. The highest BCUT2D eigenvalue weighted by Crippen LogP contribution is 2.53. The molecule has 0 aliphatic rings. The van der Waals surface area contributed by atoms with Crippen LogP contribution < -0.4 is 5.09 Å². The predicted octanol–water partition coefficient (Wildman–Crippen LogP) is 8.81. The largest absolute Gasteiger partial charge is 0.330 e. The average Bonchev–Trinajstić information content (AvgIpc) is 2.72. The van der Waals surface area contributed by atoms with Gasteiger partial charge in [0.15, 0.2) is 0 Å². The number of halogens is 3. The molecule has 0 saturated heterocycles. The molecule has 0 radical (unpaired) electrons. The summed E-state index contributed by atoms with van der Waals surface area (Å²) in [4.78, 5) is 0. The molecule has 2 nitrogen and oxygen atoms in total. The molecule has 148 valence electrons. The summed E-state index contributed by atoms with van der Waals surface area (Å²) in [5.41, 5.74) is 3.08. The van der Waals surface area contributed by atoms with E-state index >= 15 is 0 Å². The van der Waals surface area contributed by atoms with Crippen LogP contribution in [-0.4, -0.2) is 0 Å². The average molecular weight is 463 g/mol. The highest BCUT2D eigenvalue weighted by atomic mass is 35.5. The monoisotopic (exact) mass is 461 g/mol. The van der Waals surface area contributed by atoms with E-state index < -0.39 is 7.29 Å². The Labute approximate surface area is 186 Å². The van der Waals surface area contributed by atoms with Crippen LogP contribution in [0, 0.1) is 6.92 Å². The third-order valence-electron chi connectivity index (χ3n) is 4.19. The summed E-state index contributed by atoms with van der Waals surface area (Å²) in [6.07, 6.45) is 0. The standard InChI is InChI=1S/C23H19Cl3NOP/c1-17-12-13-20(14-21(17)24)27-29(28,15-22(25)18-8-4-2-5-9-18)16-23(26)19-10-6-3-7-11-19/h2-16H,1H3,(H,27,28)/b22-15+,23-16?. The molecule has 1 N–H and O–H groups in total. The first-order valence-corrected chi connectivity index (χ1v) is 11.9. The Hall–Kier alpha value is -1.96. The lowest BCUT2D eigenvalue weighted by atomic mass is 10.2. The molecular weight excluding hydrogens is 444 g/mol. The van der Waals surface area contributed by atoms with Gasteiger partial charge in [0.05, 0.1) is 10.1 Å². The minimum atomic E-state index is -3.32. The van der Waals surface area contributed by atoms with Gasteiger partial charge in [0, 0.05) is 22.3 Å². The number of benzene rings is 3. The molecule has 3 aromatic rings. The lowest BCUT2D eigenvalue weighted by Crippen LogP contribution is -1.94. The van der Waals surface area contributed by atoms with E-state index in [0.29, 0.717) is 20.8 Å².